The summed E-state index contributed by atoms with van der Waals surface area (Å²) in [6.07, 6.45) is 14.9. The topological polar surface area (TPSA) is 198 Å². The zero-order valence-electron chi connectivity index (χ0n) is 39.5. The maximum atomic E-state index is 12.2. The fourth-order valence-electron chi connectivity index (χ4n) is 9.19. The van der Waals surface area contributed by atoms with Crippen LogP contribution in [0.4, 0.5) is 17.1 Å². The second-order valence-electron chi connectivity index (χ2n) is 18.4. The summed E-state index contributed by atoms with van der Waals surface area (Å²) >= 11 is 1.67. The van der Waals surface area contributed by atoms with Crippen molar-refractivity contribution in [1.82, 2.24) is 0 Å². The van der Waals surface area contributed by atoms with E-state index >= 15 is 0 Å². The third kappa shape index (κ3) is 12.8. The Labute approximate surface area is 422 Å². The first-order valence-electron chi connectivity index (χ1n) is 22.3. The fourth-order valence-corrected chi connectivity index (χ4v) is 11.3. The summed E-state index contributed by atoms with van der Waals surface area (Å²) in [5.41, 5.74) is 6.78. The smallest absolute Gasteiger partial charge is 0.744 e. The Kier molecular flexibility index (Phi) is 17.9. The number of allylic oxidation sites excluding steroid dienone is 7. The van der Waals surface area contributed by atoms with Crippen LogP contribution in [0.1, 0.15) is 109 Å². The second-order valence-corrected chi connectivity index (χ2v) is 22.2. The number of carbonyl (C=O) groups is 2. The van der Waals surface area contributed by atoms with E-state index in [9.17, 15) is 45.7 Å². The zero-order chi connectivity index (χ0) is 48.2. The van der Waals surface area contributed by atoms with Crippen molar-refractivity contribution in [2.45, 2.75) is 124 Å². The summed E-state index contributed by atoms with van der Waals surface area (Å²) in [5, 5.41) is 18.4. The number of unbranched alkanes of at least 4 members (excludes halogenated alkanes) is 4. The van der Waals surface area contributed by atoms with Crippen LogP contribution in [-0.2, 0) is 40.7 Å². The number of benzene rings is 3. The predicted octanol–water partition coefficient (Wildman–Crippen LogP) is 6.63. The Morgan fingerprint density at radius 2 is 1.36 bits per heavy atom. The van der Waals surface area contributed by atoms with Gasteiger partial charge in [0.2, 0.25) is 5.69 Å². The number of hydrogen-bond acceptors (Lipinski definition) is 11. The Bertz CT molecular complexity index is 2760. The third-order valence-corrected chi connectivity index (χ3v) is 15.7. The molecule has 0 atom stereocenters. The molecule has 6 rings (SSSR count). The number of anilines is 2. The van der Waals surface area contributed by atoms with Crippen LogP contribution < -0.4 is 39.4 Å². The quantitative estimate of drug-likeness (QED) is 0.0530. The van der Waals surface area contributed by atoms with Crippen molar-refractivity contribution in [3.8, 4) is 0 Å². The van der Waals surface area contributed by atoms with Gasteiger partial charge in [-0.2, -0.15) is 4.58 Å². The van der Waals surface area contributed by atoms with Crippen molar-refractivity contribution in [3.63, 3.8) is 0 Å². The molecule has 67 heavy (non-hydrogen) atoms. The minimum Gasteiger partial charge on any atom is -0.744 e. The van der Waals surface area contributed by atoms with Gasteiger partial charge in [-0.3, -0.25) is 9.59 Å². The Morgan fingerprint density at radius 1 is 0.761 bits per heavy atom. The molecule has 2 N–H and O–H groups in total. The SMILES string of the molecule is CN(C)c1ccc(SC2=C(/C=C/C3=[N+](CCCCCC(=O)O)c4ccc(S(=O)(=O)[O-])cc4C3(C)C)CCC/C2=C\C=C2\N(CCCCCC(=O)O)c3ccc(S(=O)(=O)[O-])cc3C2(C)C)cc1.[Na+]. The average molecular weight is 982 g/mol. The molecule has 0 saturated heterocycles. The monoisotopic (exact) mass is 981 g/mol. The molecule has 0 saturated carbocycles. The van der Waals surface area contributed by atoms with E-state index in [0.29, 0.717) is 51.6 Å². The summed E-state index contributed by atoms with van der Waals surface area (Å²) in [6.45, 7) is 9.18. The van der Waals surface area contributed by atoms with Gasteiger partial charge in [0.25, 0.3) is 0 Å². The first kappa shape index (κ1) is 53.9. The number of aliphatic carboxylic acids is 2. The number of fused-ring (bicyclic) bond motifs is 2. The molecule has 0 aromatic heterocycles. The van der Waals surface area contributed by atoms with Crippen molar-refractivity contribution in [2.75, 3.05) is 37.0 Å². The maximum absolute atomic E-state index is 12.2. The van der Waals surface area contributed by atoms with Crippen molar-refractivity contribution in [3.05, 3.63) is 118 Å². The van der Waals surface area contributed by atoms with Crippen LogP contribution in [0, 0.1) is 0 Å². The third-order valence-electron chi connectivity index (χ3n) is 12.8. The van der Waals surface area contributed by atoms with Crippen LogP contribution in [0.3, 0.4) is 0 Å². The van der Waals surface area contributed by atoms with Crippen LogP contribution in [0.5, 0.6) is 0 Å². The Balaban J connectivity index is 0.00000840. The van der Waals surface area contributed by atoms with E-state index in [1.165, 1.54) is 24.3 Å². The van der Waals surface area contributed by atoms with E-state index in [-0.39, 0.29) is 52.2 Å². The van der Waals surface area contributed by atoms with Gasteiger partial charge >= 0.3 is 41.5 Å². The number of carboxylic acid groups (broad SMARTS) is 2. The number of nitrogens with zero attached hydrogens (tertiary/aromatic N) is 3. The van der Waals surface area contributed by atoms with E-state index in [1.807, 2.05) is 46.7 Å². The summed E-state index contributed by atoms with van der Waals surface area (Å²) in [4.78, 5) is 28.2. The van der Waals surface area contributed by atoms with Gasteiger partial charge < -0.3 is 29.1 Å². The number of hydrogen-bond donors (Lipinski definition) is 2. The average Bonchev–Trinajstić information content (AvgIpc) is 3.58. The molecule has 0 spiro atoms. The van der Waals surface area contributed by atoms with E-state index < -0.39 is 43.0 Å². The van der Waals surface area contributed by atoms with Gasteiger partial charge in [-0.05, 0) is 136 Å². The van der Waals surface area contributed by atoms with Crippen LogP contribution in [-0.4, -0.2) is 85.6 Å². The number of carboxylic acids is 2. The van der Waals surface area contributed by atoms with Crippen LogP contribution in [0.15, 0.2) is 121 Å². The molecular formula is C50H60N3NaO10S3. The van der Waals surface area contributed by atoms with Crippen LogP contribution >= 0.6 is 11.8 Å². The first-order valence-corrected chi connectivity index (χ1v) is 26.0. The van der Waals surface area contributed by atoms with E-state index in [2.05, 4.69) is 58.0 Å². The molecule has 0 radical (unpaired) electrons. The molecule has 3 aliphatic rings. The molecule has 354 valence electrons. The normalized spacial score (nSPS) is 17.9. The molecule has 17 heteroatoms. The van der Waals surface area contributed by atoms with Gasteiger partial charge in [0.1, 0.15) is 26.8 Å². The largest absolute Gasteiger partial charge is 1.00 e. The van der Waals surface area contributed by atoms with Gasteiger partial charge in [0.15, 0.2) is 5.71 Å². The summed E-state index contributed by atoms with van der Waals surface area (Å²) in [5.74, 6) is -1.69. The minimum absolute atomic E-state index is 0. The van der Waals surface area contributed by atoms with Gasteiger partial charge in [-0.1, -0.05) is 44.2 Å². The molecule has 2 heterocycles. The molecule has 1 aliphatic carbocycles. The van der Waals surface area contributed by atoms with Crippen molar-refractivity contribution >= 4 is 66.7 Å². The molecule has 3 aromatic rings. The van der Waals surface area contributed by atoms with Gasteiger partial charge in [0.05, 0.1) is 15.2 Å². The molecule has 2 aliphatic heterocycles. The van der Waals surface area contributed by atoms with Gasteiger partial charge in [0, 0.05) is 89.9 Å². The molecule has 0 fully saturated rings. The van der Waals surface area contributed by atoms with E-state index in [4.69, 9.17) is 0 Å². The fraction of sp³-hybridized carbons (Fsp3) is 0.420. The van der Waals surface area contributed by atoms with E-state index in [1.54, 1.807) is 23.9 Å². The summed E-state index contributed by atoms with van der Waals surface area (Å²) in [6, 6.07) is 17.4. The van der Waals surface area contributed by atoms with Crippen molar-refractivity contribution < 1.29 is 79.9 Å². The van der Waals surface area contributed by atoms with Gasteiger partial charge in [-0.25, -0.2) is 16.8 Å². The Morgan fingerprint density at radius 3 is 1.96 bits per heavy atom. The number of thioether (sulfide) groups is 1. The summed E-state index contributed by atoms with van der Waals surface area (Å²) in [7, 11) is -5.44. The maximum Gasteiger partial charge on any atom is 1.00 e. The van der Waals surface area contributed by atoms with Crippen LogP contribution in [0.25, 0.3) is 0 Å². The molecule has 0 amide bonds. The van der Waals surface area contributed by atoms with Gasteiger partial charge in [-0.15, -0.1) is 0 Å². The molecule has 0 unspecified atom stereocenters. The standard InChI is InChI=1S/C50H61N3O10S3.Na/c1-49(2)40-32-38(65(58,59)60)24-26-42(40)52(30-11-7-9-16-46(54)55)44(49)28-18-34-14-13-15-35(48(34)64-37-22-20-36(21-23-37)51(5)6)19-29-45-50(3,4)41-33-39(66(61,62)63)25-27-43(41)53(45)31-12-8-10-17-47(56)57;/h18-29,32-33H,7-17,30-31H2,1-6H3,(H3-,54,55,56,57,58,59,60,61,62,63);/q;+1/p-1. The van der Waals surface area contributed by atoms with Crippen molar-refractivity contribution in [2.24, 2.45) is 0 Å². The van der Waals surface area contributed by atoms with E-state index in [0.717, 1.165) is 79.8 Å². The Hall–Kier alpha value is -4.00. The van der Waals surface area contributed by atoms with Crippen molar-refractivity contribution in [1.29, 1.82) is 0 Å². The summed E-state index contributed by atoms with van der Waals surface area (Å²) < 4.78 is 75.3. The zero-order valence-corrected chi connectivity index (χ0v) is 44.0. The number of rotatable bonds is 20. The van der Waals surface area contributed by atoms with Crippen LogP contribution in [0.2, 0.25) is 0 Å². The molecular weight excluding hydrogens is 922 g/mol. The molecule has 13 nitrogen and oxygen atoms in total. The minimum atomic E-state index is -4.71. The molecule has 3 aromatic carbocycles. The second kappa shape index (κ2) is 22.2. The predicted molar refractivity (Wildman–Crippen MR) is 257 cm³/mol. The molecule has 0 bridgehead atoms. The first-order chi connectivity index (χ1) is 31.0.